The molecule has 1 aliphatic heterocycles. The molecule has 24 heavy (non-hydrogen) atoms. The monoisotopic (exact) mass is 324 g/mol. The predicted octanol–water partition coefficient (Wildman–Crippen LogP) is 2.63. The minimum Gasteiger partial charge on any atom is -0.399 e. The van der Waals surface area contributed by atoms with Crippen LogP contribution in [0.1, 0.15) is 38.2 Å². The molecule has 5 nitrogen and oxygen atoms in total. The molecule has 3 rings (SSSR count). The van der Waals surface area contributed by atoms with E-state index in [9.17, 15) is 4.79 Å². The van der Waals surface area contributed by atoms with Crippen molar-refractivity contribution in [3.8, 4) is 0 Å². The van der Waals surface area contributed by atoms with Crippen LogP contribution < -0.4 is 10.8 Å². The number of benzene rings is 1. The van der Waals surface area contributed by atoms with Crippen molar-refractivity contribution in [3.05, 3.63) is 54.4 Å². The lowest BCUT2D eigenvalue weighted by Gasteiger charge is -2.32. The number of carbonyl (C=O) groups excluding carboxylic acids is 1. The molecular formula is C18H21BN2O3. The van der Waals surface area contributed by atoms with E-state index in [-0.39, 0.29) is 5.91 Å². The Labute approximate surface area is 142 Å². The number of nitrogens with one attached hydrogen (secondary N) is 1. The fourth-order valence-corrected chi connectivity index (χ4v) is 2.43. The summed E-state index contributed by atoms with van der Waals surface area (Å²) in [6.07, 6.45) is 1.59. The van der Waals surface area contributed by atoms with Crippen LogP contribution in [0.15, 0.2) is 48.7 Å². The zero-order valence-corrected chi connectivity index (χ0v) is 14.4. The number of hydrogen-bond acceptors (Lipinski definition) is 4. The van der Waals surface area contributed by atoms with E-state index in [4.69, 9.17) is 9.31 Å². The van der Waals surface area contributed by atoms with Gasteiger partial charge in [-0.2, -0.15) is 0 Å². The number of nitrogens with zero attached hydrogens (tertiary/aromatic N) is 1. The number of hydrogen-bond donors (Lipinski definition) is 1. The first-order chi connectivity index (χ1) is 11.3. The number of rotatable bonds is 3. The van der Waals surface area contributed by atoms with E-state index in [1.54, 1.807) is 24.4 Å². The summed E-state index contributed by atoms with van der Waals surface area (Å²) in [6, 6.07) is 12.7. The molecule has 2 heterocycles. The first-order valence-corrected chi connectivity index (χ1v) is 7.96. The summed E-state index contributed by atoms with van der Waals surface area (Å²) in [5.74, 6) is -0.248. The van der Waals surface area contributed by atoms with Crippen molar-refractivity contribution in [1.82, 2.24) is 4.98 Å². The second-order valence-corrected chi connectivity index (χ2v) is 6.88. The van der Waals surface area contributed by atoms with Crippen molar-refractivity contribution >= 4 is 24.2 Å². The Morgan fingerprint density at radius 1 is 1.04 bits per heavy atom. The van der Waals surface area contributed by atoms with E-state index >= 15 is 0 Å². The standard InChI is InChI=1S/C18H21BN2O3/c1-17(2)18(3,4)24-19(23-17)13-8-7-9-14(12-13)21-16(22)15-10-5-6-11-20-15/h5-12H,1-4H3,(H,21,22). The van der Waals surface area contributed by atoms with Gasteiger partial charge in [0.05, 0.1) is 11.2 Å². The Hall–Kier alpha value is -2.18. The summed E-state index contributed by atoms with van der Waals surface area (Å²) in [5, 5.41) is 2.85. The van der Waals surface area contributed by atoms with Crippen LogP contribution in [0.2, 0.25) is 0 Å². The molecule has 1 aromatic heterocycles. The van der Waals surface area contributed by atoms with Gasteiger partial charge in [-0.25, -0.2) is 0 Å². The summed E-state index contributed by atoms with van der Waals surface area (Å²) in [6.45, 7) is 8.05. The van der Waals surface area contributed by atoms with Gasteiger partial charge in [0.2, 0.25) is 0 Å². The number of carbonyl (C=O) groups is 1. The van der Waals surface area contributed by atoms with Crippen LogP contribution in [0.4, 0.5) is 5.69 Å². The Kier molecular flexibility index (Phi) is 4.19. The summed E-state index contributed by atoms with van der Waals surface area (Å²) in [7, 11) is -0.457. The lowest BCUT2D eigenvalue weighted by atomic mass is 9.79. The molecule has 1 amide bonds. The van der Waals surface area contributed by atoms with Crippen LogP contribution in [-0.2, 0) is 9.31 Å². The molecule has 1 N–H and O–H groups in total. The average Bonchev–Trinajstić information content (AvgIpc) is 2.76. The first kappa shape index (κ1) is 16.7. The van der Waals surface area contributed by atoms with E-state index in [2.05, 4.69) is 10.3 Å². The fourth-order valence-electron chi connectivity index (χ4n) is 2.43. The Bertz CT molecular complexity index is 731. The minimum absolute atomic E-state index is 0.248. The molecule has 0 bridgehead atoms. The zero-order chi connectivity index (χ0) is 17.4. The molecule has 2 aromatic rings. The van der Waals surface area contributed by atoms with Gasteiger partial charge in [-0.05, 0) is 57.4 Å². The smallest absolute Gasteiger partial charge is 0.399 e. The second kappa shape index (κ2) is 6.04. The lowest BCUT2D eigenvalue weighted by molar-refractivity contribution is 0.00578. The largest absolute Gasteiger partial charge is 0.494 e. The Morgan fingerprint density at radius 2 is 1.75 bits per heavy atom. The highest BCUT2D eigenvalue weighted by Gasteiger charge is 2.51. The molecule has 0 radical (unpaired) electrons. The molecule has 1 aliphatic rings. The topological polar surface area (TPSA) is 60.5 Å². The third-order valence-electron chi connectivity index (χ3n) is 4.57. The molecule has 1 saturated heterocycles. The maximum Gasteiger partial charge on any atom is 0.494 e. The van der Waals surface area contributed by atoms with Gasteiger partial charge in [-0.15, -0.1) is 0 Å². The number of anilines is 1. The summed E-state index contributed by atoms with van der Waals surface area (Å²) < 4.78 is 12.1. The van der Waals surface area contributed by atoms with E-state index in [1.165, 1.54) is 0 Å². The highest BCUT2D eigenvalue weighted by atomic mass is 16.7. The second-order valence-electron chi connectivity index (χ2n) is 6.88. The van der Waals surface area contributed by atoms with Crippen LogP contribution in [0, 0.1) is 0 Å². The predicted molar refractivity (Wildman–Crippen MR) is 94.3 cm³/mol. The van der Waals surface area contributed by atoms with Crippen molar-refractivity contribution in [2.75, 3.05) is 5.32 Å². The number of aromatic nitrogens is 1. The minimum atomic E-state index is -0.457. The quantitative estimate of drug-likeness (QED) is 0.882. The van der Waals surface area contributed by atoms with Gasteiger partial charge in [0.1, 0.15) is 5.69 Å². The molecular weight excluding hydrogens is 303 g/mol. The molecule has 0 saturated carbocycles. The van der Waals surface area contributed by atoms with Crippen LogP contribution in [0.5, 0.6) is 0 Å². The van der Waals surface area contributed by atoms with Crippen LogP contribution in [-0.4, -0.2) is 29.2 Å². The van der Waals surface area contributed by atoms with Crippen LogP contribution in [0.3, 0.4) is 0 Å². The van der Waals surface area contributed by atoms with Gasteiger partial charge in [0.25, 0.3) is 5.91 Å². The van der Waals surface area contributed by atoms with Crippen molar-refractivity contribution in [3.63, 3.8) is 0 Å². The van der Waals surface area contributed by atoms with Gasteiger partial charge in [0.15, 0.2) is 0 Å². The van der Waals surface area contributed by atoms with Crippen molar-refractivity contribution in [1.29, 1.82) is 0 Å². The third kappa shape index (κ3) is 3.20. The normalized spacial score (nSPS) is 18.4. The van der Waals surface area contributed by atoms with Crippen LogP contribution in [0.25, 0.3) is 0 Å². The Balaban J connectivity index is 1.77. The SMILES string of the molecule is CC1(C)OB(c2cccc(NC(=O)c3ccccn3)c2)OC1(C)C. The highest BCUT2D eigenvalue weighted by molar-refractivity contribution is 6.62. The van der Waals surface area contributed by atoms with Gasteiger partial charge >= 0.3 is 7.12 Å². The lowest BCUT2D eigenvalue weighted by Crippen LogP contribution is -2.41. The zero-order valence-electron chi connectivity index (χ0n) is 14.4. The molecule has 0 atom stereocenters. The summed E-state index contributed by atoms with van der Waals surface area (Å²) >= 11 is 0. The average molecular weight is 324 g/mol. The molecule has 6 heteroatoms. The van der Waals surface area contributed by atoms with Gasteiger partial charge in [0, 0.05) is 11.9 Å². The maximum absolute atomic E-state index is 12.2. The third-order valence-corrected chi connectivity index (χ3v) is 4.57. The molecule has 1 aromatic carbocycles. The van der Waals surface area contributed by atoms with E-state index in [1.807, 2.05) is 52.0 Å². The van der Waals surface area contributed by atoms with Gasteiger partial charge in [-0.1, -0.05) is 18.2 Å². The van der Waals surface area contributed by atoms with E-state index in [0.717, 1.165) is 5.46 Å². The number of amides is 1. The first-order valence-electron chi connectivity index (χ1n) is 7.96. The summed E-state index contributed by atoms with van der Waals surface area (Å²) in [4.78, 5) is 16.3. The molecule has 124 valence electrons. The highest BCUT2D eigenvalue weighted by Crippen LogP contribution is 2.36. The molecule has 1 fully saturated rings. The van der Waals surface area contributed by atoms with E-state index < -0.39 is 18.3 Å². The van der Waals surface area contributed by atoms with Crippen LogP contribution >= 0.6 is 0 Å². The van der Waals surface area contributed by atoms with Gasteiger partial charge in [-0.3, -0.25) is 9.78 Å². The Morgan fingerprint density at radius 3 is 2.38 bits per heavy atom. The fraction of sp³-hybridized carbons (Fsp3) is 0.333. The maximum atomic E-state index is 12.2. The molecule has 0 aliphatic carbocycles. The molecule has 0 unspecified atom stereocenters. The van der Waals surface area contributed by atoms with Crippen molar-refractivity contribution < 1.29 is 14.1 Å². The van der Waals surface area contributed by atoms with Crippen molar-refractivity contribution in [2.24, 2.45) is 0 Å². The van der Waals surface area contributed by atoms with Gasteiger partial charge < -0.3 is 14.6 Å². The van der Waals surface area contributed by atoms with Crippen molar-refractivity contribution in [2.45, 2.75) is 38.9 Å². The van der Waals surface area contributed by atoms with E-state index in [0.29, 0.717) is 11.4 Å². The summed E-state index contributed by atoms with van der Waals surface area (Å²) in [5.41, 5.74) is 1.12. The molecule has 0 spiro atoms. The number of pyridine rings is 1.